The molecule has 11 atom stereocenters. The molecule has 46 heavy (non-hydrogen) atoms. The van der Waals surface area contributed by atoms with Gasteiger partial charge in [-0.25, -0.2) is 0 Å². The van der Waals surface area contributed by atoms with Crippen LogP contribution in [0.2, 0.25) is 0 Å². The fourth-order valence-corrected chi connectivity index (χ4v) is 9.75. The van der Waals surface area contributed by atoms with Crippen molar-refractivity contribution in [3.8, 4) is 0 Å². The van der Waals surface area contributed by atoms with Crippen molar-refractivity contribution in [2.75, 3.05) is 0 Å². The van der Waals surface area contributed by atoms with E-state index in [-0.39, 0.29) is 12.8 Å². The zero-order valence-corrected chi connectivity index (χ0v) is 27.7. The van der Waals surface area contributed by atoms with Crippen LogP contribution >= 0.6 is 0 Å². The number of Topliss-reactive ketones (excluding diaryl/α,β-unsaturated/α-hetero) is 2. The molecule has 2 N–H and O–H groups in total. The van der Waals surface area contributed by atoms with E-state index in [4.69, 9.17) is 23.7 Å². The van der Waals surface area contributed by atoms with Crippen LogP contribution in [0.3, 0.4) is 0 Å². The third-order valence-corrected chi connectivity index (χ3v) is 10.9. The van der Waals surface area contributed by atoms with Gasteiger partial charge in [0.2, 0.25) is 0 Å². The normalized spacial score (nSPS) is 41.2. The van der Waals surface area contributed by atoms with E-state index in [2.05, 4.69) is 0 Å². The van der Waals surface area contributed by atoms with Crippen molar-refractivity contribution in [3.63, 3.8) is 0 Å². The molecule has 1 spiro atoms. The summed E-state index contributed by atoms with van der Waals surface area (Å²) in [6.45, 7) is 11.0. The first-order valence-corrected chi connectivity index (χ1v) is 15.4. The lowest BCUT2D eigenvalue weighted by atomic mass is 9.52. The zero-order valence-electron chi connectivity index (χ0n) is 27.7. The van der Waals surface area contributed by atoms with Crippen LogP contribution in [0.25, 0.3) is 0 Å². The molecule has 0 unspecified atom stereocenters. The molecule has 14 heteroatoms. The Balaban J connectivity index is 2.27. The maximum Gasteiger partial charge on any atom is 0.307 e. The molecule has 4 aliphatic rings. The maximum absolute atomic E-state index is 13.5. The number of esters is 5. The van der Waals surface area contributed by atoms with Crippen LogP contribution < -0.4 is 0 Å². The third kappa shape index (κ3) is 5.02. The molecule has 0 amide bonds. The van der Waals surface area contributed by atoms with Crippen molar-refractivity contribution in [2.45, 2.75) is 129 Å². The number of fused-ring (bicyclic) bond motifs is 2. The number of hydrogen-bond acceptors (Lipinski definition) is 14. The number of hydrogen-bond donors (Lipinski definition) is 2. The van der Waals surface area contributed by atoms with Gasteiger partial charge < -0.3 is 33.9 Å². The predicted molar refractivity (Wildman–Crippen MR) is 153 cm³/mol. The van der Waals surface area contributed by atoms with Gasteiger partial charge in [-0.15, -0.1) is 0 Å². The van der Waals surface area contributed by atoms with Gasteiger partial charge in [-0.05, 0) is 40.5 Å². The molecule has 4 rings (SSSR count). The van der Waals surface area contributed by atoms with Crippen molar-refractivity contribution in [1.82, 2.24) is 0 Å². The summed E-state index contributed by atoms with van der Waals surface area (Å²) < 4.78 is 29.9. The lowest BCUT2D eigenvalue weighted by Gasteiger charge is -2.55. The topological polar surface area (TPSA) is 206 Å². The van der Waals surface area contributed by atoms with E-state index in [1.165, 1.54) is 27.7 Å². The van der Waals surface area contributed by atoms with Gasteiger partial charge in [0.05, 0.1) is 17.4 Å². The SMILES string of the molecule is CC(=O)O[C@@H]1[C@H]2CC[C@H]3[C@@](C)(O)[C@@H]4CC(=O)O[C@]4(C(C)(C)O)[C@H](OC(C)=O)[C@@H](CC(=O)C(C)=O)[C@@]13[C@@H](OC(C)=O)[C@@]2(C)OC(C)=O. The molecular formula is C32H44O14. The summed E-state index contributed by atoms with van der Waals surface area (Å²) in [5, 5.41) is 24.7. The Bertz CT molecular complexity index is 1360. The van der Waals surface area contributed by atoms with Gasteiger partial charge in [-0.3, -0.25) is 33.6 Å². The molecular weight excluding hydrogens is 608 g/mol. The number of rotatable bonds is 8. The highest BCUT2D eigenvalue weighted by molar-refractivity contribution is 6.36. The summed E-state index contributed by atoms with van der Waals surface area (Å²) in [6, 6.07) is 0. The molecule has 3 saturated carbocycles. The maximum atomic E-state index is 13.5. The fraction of sp³-hybridized carbons (Fsp3) is 0.781. The Hall–Kier alpha value is -3.39. The predicted octanol–water partition coefficient (Wildman–Crippen LogP) is 1.13. The molecule has 4 fully saturated rings. The lowest BCUT2D eigenvalue weighted by molar-refractivity contribution is -0.248. The first-order chi connectivity index (χ1) is 21.0. The first-order valence-electron chi connectivity index (χ1n) is 15.4. The van der Waals surface area contributed by atoms with Crippen LogP contribution in [0.4, 0.5) is 0 Å². The summed E-state index contributed by atoms with van der Waals surface area (Å²) in [5.74, 6) is -10.9. The number of ether oxygens (including phenoxy) is 5. The average molecular weight is 653 g/mol. The summed E-state index contributed by atoms with van der Waals surface area (Å²) in [4.78, 5) is 90.7. The highest BCUT2D eigenvalue weighted by atomic mass is 16.6. The van der Waals surface area contributed by atoms with Gasteiger partial charge in [0.15, 0.2) is 28.9 Å². The Labute approximate surface area is 266 Å². The molecule has 0 aromatic rings. The molecule has 2 bridgehead atoms. The van der Waals surface area contributed by atoms with Crippen molar-refractivity contribution < 1.29 is 67.5 Å². The highest BCUT2D eigenvalue weighted by Gasteiger charge is 2.85. The highest BCUT2D eigenvalue weighted by Crippen LogP contribution is 2.73. The number of aliphatic hydroxyl groups is 2. The summed E-state index contributed by atoms with van der Waals surface area (Å²) in [6.07, 6.45) is -5.66. The molecule has 0 aromatic carbocycles. The van der Waals surface area contributed by atoms with E-state index in [9.17, 15) is 43.8 Å². The van der Waals surface area contributed by atoms with Crippen LogP contribution in [0, 0.1) is 29.1 Å². The molecule has 14 nitrogen and oxygen atoms in total. The quantitative estimate of drug-likeness (QED) is 0.214. The second-order valence-corrected chi connectivity index (χ2v) is 14.2. The first kappa shape index (κ1) is 35.5. The molecule has 1 aliphatic heterocycles. The standard InChI is InChI=1S/C32H44O14/c1-14(33)21(38)12-20-26(43-16(3)35)32(28(6,7)40)23(13-24(39)46-32)29(8,41)22-11-10-19-25(42-15(2)34)31(20,22)27(44-17(4)36)30(19,9)45-18(5)37/h19-20,22-23,25-27,40-41H,10-13H2,1-9H3/t19-,20-,22+,23+,25-,26-,27+,29-,30+,31+,32+/m1/s1. The van der Waals surface area contributed by atoms with Gasteiger partial charge in [0, 0.05) is 64.7 Å². The fourth-order valence-electron chi connectivity index (χ4n) is 9.75. The molecule has 1 heterocycles. The summed E-state index contributed by atoms with van der Waals surface area (Å²) >= 11 is 0. The van der Waals surface area contributed by atoms with Crippen LogP contribution in [0.15, 0.2) is 0 Å². The van der Waals surface area contributed by atoms with Crippen LogP contribution in [-0.4, -0.2) is 92.3 Å². The number of carbonyl (C=O) groups is 7. The lowest BCUT2D eigenvalue weighted by Crippen LogP contribution is -2.68. The van der Waals surface area contributed by atoms with Gasteiger partial charge in [-0.1, -0.05) is 0 Å². The van der Waals surface area contributed by atoms with Crippen molar-refractivity contribution in [3.05, 3.63) is 0 Å². The minimum absolute atomic E-state index is 0.0915. The van der Waals surface area contributed by atoms with E-state index < -0.39 is 124 Å². The van der Waals surface area contributed by atoms with Gasteiger partial charge in [0.25, 0.3) is 0 Å². The van der Waals surface area contributed by atoms with Crippen LogP contribution in [0.1, 0.15) is 88.0 Å². The minimum atomic E-state index is -2.23. The van der Waals surface area contributed by atoms with Crippen molar-refractivity contribution in [1.29, 1.82) is 0 Å². The van der Waals surface area contributed by atoms with Gasteiger partial charge in [-0.2, -0.15) is 0 Å². The van der Waals surface area contributed by atoms with Gasteiger partial charge in [0.1, 0.15) is 17.8 Å². The van der Waals surface area contributed by atoms with E-state index in [1.807, 2.05) is 0 Å². The smallest absolute Gasteiger partial charge is 0.307 e. The molecule has 0 aromatic heterocycles. The second kappa shape index (κ2) is 11.4. The van der Waals surface area contributed by atoms with E-state index >= 15 is 0 Å². The van der Waals surface area contributed by atoms with Crippen LogP contribution in [-0.2, 0) is 57.2 Å². The number of ketones is 2. The number of carbonyl (C=O) groups excluding carboxylic acids is 7. The average Bonchev–Trinajstić information content (AvgIpc) is 3.28. The monoisotopic (exact) mass is 652 g/mol. The summed E-state index contributed by atoms with van der Waals surface area (Å²) in [5.41, 5.74) is -10.0. The van der Waals surface area contributed by atoms with Gasteiger partial charge >= 0.3 is 29.8 Å². The molecule has 1 saturated heterocycles. The molecule has 256 valence electrons. The minimum Gasteiger partial charge on any atom is -0.461 e. The van der Waals surface area contributed by atoms with Crippen molar-refractivity contribution in [2.24, 2.45) is 29.1 Å². The molecule has 0 radical (unpaired) electrons. The van der Waals surface area contributed by atoms with Crippen LogP contribution in [0.5, 0.6) is 0 Å². The zero-order chi connectivity index (χ0) is 34.9. The Morgan fingerprint density at radius 1 is 0.848 bits per heavy atom. The second-order valence-electron chi connectivity index (χ2n) is 14.2. The van der Waals surface area contributed by atoms with E-state index in [0.717, 1.165) is 34.6 Å². The molecule has 3 aliphatic carbocycles. The Kier molecular flexibility index (Phi) is 8.78. The van der Waals surface area contributed by atoms with Crippen molar-refractivity contribution >= 4 is 41.4 Å². The largest absolute Gasteiger partial charge is 0.461 e. The Morgan fingerprint density at radius 3 is 1.87 bits per heavy atom. The Morgan fingerprint density at radius 2 is 1.39 bits per heavy atom. The third-order valence-electron chi connectivity index (χ3n) is 10.9. The summed E-state index contributed by atoms with van der Waals surface area (Å²) in [7, 11) is 0. The van der Waals surface area contributed by atoms with E-state index in [0.29, 0.717) is 0 Å². The van der Waals surface area contributed by atoms with E-state index in [1.54, 1.807) is 0 Å².